The lowest BCUT2D eigenvalue weighted by molar-refractivity contribution is -0.148. The second-order valence-corrected chi connectivity index (χ2v) is 5.70. The largest absolute Gasteiger partial charge is 0.484 e. The van der Waals surface area contributed by atoms with Gasteiger partial charge in [-0.3, -0.25) is 4.79 Å². The fraction of sp³-hybridized carbons (Fsp3) is 0.263. The summed E-state index contributed by atoms with van der Waals surface area (Å²) < 4.78 is 15.9. The Morgan fingerprint density at radius 3 is 2.60 bits per heavy atom. The Morgan fingerprint density at radius 2 is 1.88 bits per heavy atom. The van der Waals surface area contributed by atoms with Gasteiger partial charge in [-0.1, -0.05) is 29.8 Å². The molecule has 25 heavy (non-hydrogen) atoms. The number of nitrogens with zero attached hydrogens (tertiary/aromatic N) is 1. The molecule has 0 unspecified atom stereocenters. The molecule has 0 bridgehead atoms. The highest BCUT2D eigenvalue weighted by Gasteiger charge is 2.34. The first-order chi connectivity index (χ1) is 12.1. The van der Waals surface area contributed by atoms with E-state index in [1.165, 1.54) is 12.0 Å². The third kappa shape index (κ3) is 3.74. The maximum atomic E-state index is 12.7. The molecule has 6 nitrogen and oxygen atoms in total. The normalized spacial score (nSPS) is 15.8. The molecule has 1 aliphatic heterocycles. The summed E-state index contributed by atoms with van der Waals surface area (Å²) in [6.07, 6.45) is -0.858. The summed E-state index contributed by atoms with van der Waals surface area (Å²) in [5.41, 5.74) is 1.72. The molecule has 130 valence electrons. The number of fused-ring (bicyclic) bond motifs is 1. The molecule has 0 aliphatic carbocycles. The zero-order valence-corrected chi connectivity index (χ0v) is 14.1. The van der Waals surface area contributed by atoms with E-state index in [0.29, 0.717) is 17.2 Å². The Labute approximate surface area is 145 Å². The number of carbonyl (C=O) groups excluding carboxylic acids is 2. The lowest BCUT2D eigenvalue weighted by atomic mass is 10.2. The van der Waals surface area contributed by atoms with Gasteiger partial charge in [0.05, 0.1) is 19.3 Å². The zero-order chi connectivity index (χ0) is 17.8. The molecule has 0 saturated heterocycles. The number of esters is 1. The number of para-hydroxylation sites is 2. The van der Waals surface area contributed by atoms with E-state index in [1.807, 2.05) is 37.3 Å². The number of anilines is 1. The molecule has 3 rings (SSSR count). The Kier molecular flexibility index (Phi) is 4.88. The van der Waals surface area contributed by atoms with Crippen molar-refractivity contribution in [1.29, 1.82) is 0 Å². The quantitative estimate of drug-likeness (QED) is 0.799. The number of ether oxygens (including phenoxy) is 3. The van der Waals surface area contributed by atoms with Crippen LogP contribution in [0.1, 0.15) is 5.56 Å². The number of carbonyl (C=O) groups is 2. The van der Waals surface area contributed by atoms with Gasteiger partial charge in [0.15, 0.2) is 6.61 Å². The van der Waals surface area contributed by atoms with E-state index >= 15 is 0 Å². The smallest absolute Gasteiger partial charge is 0.348 e. The van der Waals surface area contributed by atoms with Gasteiger partial charge in [0.1, 0.15) is 11.5 Å². The Bertz CT molecular complexity index is 772. The van der Waals surface area contributed by atoms with Crippen LogP contribution in [-0.2, 0) is 14.3 Å². The van der Waals surface area contributed by atoms with Gasteiger partial charge in [-0.25, -0.2) is 4.79 Å². The molecule has 1 atom stereocenters. The minimum atomic E-state index is -0.858. The van der Waals surface area contributed by atoms with Crippen molar-refractivity contribution in [2.45, 2.75) is 13.0 Å². The Balaban J connectivity index is 1.75. The van der Waals surface area contributed by atoms with Crippen molar-refractivity contribution in [3.63, 3.8) is 0 Å². The zero-order valence-electron chi connectivity index (χ0n) is 14.1. The van der Waals surface area contributed by atoms with Crippen molar-refractivity contribution in [3.8, 4) is 11.5 Å². The van der Waals surface area contributed by atoms with Gasteiger partial charge in [-0.15, -0.1) is 0 Å². The van der Waals surface area contributed by atoms with Crippen molar-refractivity contribution in [3.05, 3.63) is 54.1 Å². The topological polar surface area (TPSA) is 65.1 Å². The molecule has 1 aliphatic rings. The maximum absolute atomic E-state index is 12.7. The molecule has 2 aromatic rings. The van der Waals surface area contributed by atoms with Crippen LogP contribution in [0.5, 0.6) is 11.5 Å². The molecule has 2 aromatic carbocycles. The molecular weight excluding hydrogens is 322 g/mol. The molecule has 0 aromatic heterocycles. The van der Waals surface area contributed by atoms with Gasteiger partial charge in [0, 0.05) is 0 Å². The predicted molar refractivity (Wildman–Crippen MR) is 91.9 cm³/mol. The van der Waals surface area contributed by atoms with E-state index in [1.54, 1.807) is 18.2 Å². The summed E-state index contributed by atoms with van der Waals surface area (Å²) in [4.78, 5) is 26.0. The predicted octanol–water partition coefficient (Wildman–Crippen LogP) is 2.34. The van der Waals surface area contributed by atoms with Crippen LogP contribution in [0, 0.1) is 6.92 Å². The molecule has 0 radical (unpaired) electrons. The molecular formula is C19H19NO5. The third-order valence-corrected chi connectivity index (χ3v) is 3.92. The van der Waals surface area contributed by atoms with E-state index in [0.717, 1.165) is 5.56 Å². The molecule has 6 heteroatoms. The van der Waals surface area contributed by atoms with Crippen LogP contribution < -0.4 is 14.4 Å². The minimum absolute atomic E-state index is 0.0831. The van der Waals surface area contributed by atoms with Crippen molar-refractivity contribution in [2.24, 2.45) is 0 Å². The first kappa shape index (κ1) is 16.8. The van der Waals surface area contributed by atoms with Gasteiger partial charge in [0.2, 0.25) is 6.10 Å². The standard InChI is InChI=1S/C19H19NO5/c1-13-7-9-14(10-8-13)24-12-18(21)20-11-17(19(22)23-2)25-16-6-4-3-5-15(16)20/h3-10,17H,11-12H2,1-2H3/t17-/m1/s1. The summed E-state index contributed by atoms with van der Waals surface area (Å²) in [7, 11) is 1.29. The van der Waals surface area contributed by atoms with Crippen LogP contribution in [0.3, 0.4) is 0 Å². The number of methoxy groups -OCH3 is 1. The van der Waals surface area contributed by atoms with E-state index in [-0.39, 0.29) is 19.1 Å². The molecule has 0 saturated carbocycles. The number of hydrogen-bond acceptors (Lipinski definition) is 5. The fourth-order valence-electron chi connectivity index (χ4n) is 2.58. The second kappa shape index (κ2) is 7.25. The molecule has 0 fully saturated rings. The second-order valence-electron chi connectivity index (χ2n) is 5.70. The summed E-state index contributed by atoms with van der Waals surface area (Å²) in [5, 5.41) is 0. The van der Waals surface area contributed by atoms with E-state index in [4.69, 9.17) is 14.2 Å². The van der Waals surface area contributed by atoms with Crippen LogP contribution in [0.25, 0.3) is 0 Å². The monoisotopic (exact) mass is 341 g/mol. The van der Waals surface area contributed by atoms with Crippen LogP contribution >= 0.6 is 0 Å². The van der Waals surface area contributed by atoms with Crippen LogP contribution in [-0.4, -0.2) is 38.2 Å². The van der Waals surface area contributed by atoms with Gasteiger partial charge < -0.3 is 19.1 Å². The van der Waals surface area contributed by atoms with Gasteiger partial charge in [-0.05, 0) is 31.2 Å². The van der Waals surface area contributed by atoms with Crippen LogP contribution in [0.2, 0.25) is 0 Å². The average Bonchev–Trinajstić information content (AvgIpc) is 2.65. The minimum Gasteiger partial charge on any atom is -0.484 e. The third-order valence-electron chi connectivity index (χ3n) is 3.92. The summed E-state index contributed by atoms with van der Waals surface area (Å²) in [6, 6.07) is 14.5. The molecule has 1 heterocycles. The number of benzene rings is 2. The first-order valence-corrected chi connectivity index (χ1v) is 7.92. The summed E-state index contributed by atoms with van der Waals surface area (Å²) >= 11 is 0. The van der Waals surface area contributed by atoms with Crippen molar-refractivity contribution >= 4 is 17.6 Å². The van der Waals surface area contributed by atoms with E-state index in [2.05, 4.69) is 0 Å². The maximum Gasteiger partial charge on any atom is 0.348 e. The number of hydrogen-bond donors (Lipinski definition) is 0. The SMILES string of the molecule is COC(=O)[C@H]1CN(C(=O)COc2ccc(C)cc2)c2ccccc2O1. The van der Waals surface area contributed by atoms with Gasteiger partial charge in [-0.2, -0.15) is 0 Å². The van der Waals surface area contributed by atoms with Crippen molar-refractivity contribution in [2.75, 3.05) is 25.2 Å². The Hall–Kier alpha value is -3.02. The fourth-order valence-corrected chi connectivity index (χ4v) is 2.58. The Morgan fingerprint density at radius 1 is 1.16 bits per heavy atom. The number of amides is 1. The van der Waals surface area contributed by atoms with Gasteiger partial charge >= 0.3 is 5.97 Å². The van der Waals surface area contributed by atoms with E-state index in [9.17, 15) is 9.59 Å². The van der Waals surface area contributed by atoms with Crippen molar-refractivity contribution < 1.29 is 23.8 Å². The van der Waals surface area contributed by atoms with Gasteiger partial charge in [0.25, 0.3) is 5.91 Å². The van der Waals surface area contributed by atoms with Crippen LogP contribution in [0.15, 0.2) is 48.5 Å². The number of rotatable bonds is 4. The first-order valence-electron chi connectivity index (χ1n) is 7.92. The molecule has 1 amide bonds. The summed E-state index contributed by atoms with van der Waals surface area (Å²) in [6.45, 7) is 1.93. The molecule has 0 spiro atoms. The van der Waals surface area contributed by atoms with E-state index < -0.39 is 12.1 Å². The lowest BCUT2D eigenvalue weighted by Crippen LogP contribution is -2.48. The van der Waals surface area contributed by atoms with Crippen LogP contribution in [0.4, 0.5) is 5.69 Å². The molecule has 0 N–H and O–H groups in total. The highest BCUT2D eigenvalue weighted by atomic mass is 16.6. The van der Waals surface area contributed by atoms with Crippen molar-refractivity contribution in [1.82, 2.24) is 0 Å². The summed E-state index contributed by atoms with van der Waals surface area (Å²) in [5.74, 6) is 0.301. The number of aryl methyl sites for hydroxylation is 1. The average molecular weight is 341 g/mol. The highest BCUT2D eigenvalue weighted by Crippen LogP contribution is 2.33. The highest BCUT2D eigenvalue weighted by molar-refractivity contribution is 5.97. The lowest BCUT2D eigenvalue weighted by Gasteiger charge is -2.33.